The van der Waals surface area contributed by atoms with E-state index in [-0.39, 0.29) is 18.9 Å². The van der Waals surface area contributed by atoms with E-state index in [2.05, 4.69) is 5.32 Å². The fraction of sp³-hybridized carbons (Fsp3) is 0.455. The van der Waals surface area contributed by atoms with Crippen LogP contribution in [0.1, 0.15) is 5.56 Å². The van der Waals surface area contributed by atoms with Gasteiger partial charge in [-0.3, -0.25) is 0 Å². The molecule has 0 saturated heterocycles. The minimum absolute atomic E-state index is 0.0832. The zero-order chi connectivity index (χ0) is 13.6. The number of hydrogen-bond donors (Lipinski definition) is 3. The minimum atomic E-state index is -4.46. The van der Waals surface area contributed by atoms with Gasteiger partial charge in [0.1, 0.15) is 0 Å². The molecule has 4 nitrogen and oxygen atoms in total. The molecule has 0 aliphatic heterocycles. The summed E-state index contributed by atoms with van der Waals surface area (Å²) in [6.07, 6.45) is -4.46. The van der Waals surface area contributed by atoms with Gasteiger partial charge >= 0.3 is 6.18 Å². The molecule has 0 aliphatic carbocycles. The first kappa shape index (κ1) is 14.6. The number of rotatable bonds is 6. The number of ether oxygens (including phenoxy) is 1. The van der Waals surface area contributed by atoms with Gasteiger partial charge in [0.25, 0.3) is 0 Å². The van der Waals surface area contributed by atoms with Gasteiger partial charge in [-0.05, 0) is 18.2 Å². The molecule has 0 atom stereocenters. The number of halogens is 3. The van der Waals surface area contributed by atoms with E-state index < -0.39 is 11.7 Å². The van der Waals surface area contributed by atoms with Crippen molar-refractivity contribution in [3.05, 3.63) is 23.8 Å². The van der Waals surface area contributed by atoms with Crippen molar-refractivity contribution in [1.29, 1.82) is 0 Å². The van der Waals surface area contributed by atoms with Gasteiger partial charge in [0.15, 0.2) is 0 Å². The third-order valence-electron chi connectivity index (χ3n) is 2.17. The van der Waals surface area contributed by atoms with Gasteiger partial charge in [0, 0.05) is 17.9 Å². The summed E-state index contributed by atoms with van der Waals surface area (Å²) in [5.41, 5.74) is 4.43. The van der Waals surface area contributed by atoms with Gasteiger partial charge in [-0.15, -0.1) is 0 Å². The number of nitrogens with two attached hydrogens (primary N) is 1. The Morgan fingerprint density at radius 3 is 2.61 bits per heavy atom. The topological polar surface area (TPSA) is 67.5 Å². The third kappa shape index (κ3) is 4.42. The molecule has 0 aromatic heterocycles. The zero-order valence-corrected chi connectivity index (χ0v) is 9.63. The van der Waals surface area contributed by atoms with Crippen LogP contribution >= 0.6 is 0 Å². The SMILES string of the molecule is Nc1ccc(NCCOCCO)cc1C(F)(F)F. The molecule has 0 radical (unpaired) electrons. The lowest BCUT2D eigenvalue weighted by atomic mass is 10.1. The second-order valence-electron chi connectivity index (χ2n) is 3.56. The minimum Gasteiger partial charge on any atom is -0.398 e. The maximum absolute atomic E-state index is 12.6. The molecular weight excluding hydrogens is 249 g/mol. The van der Waals surface area contributed by atoms with E-state index in [0.29, 0.717) is 18.8 Å². The first-order valence-corrected chi connectivity index (χ1v) is 5.34. The fourth-order valence-electron chi connectivity index (χ4n) is 1.35. The van der Waals surface area contributed by atoms with Crippen molar-refractivity contribution in [3.63, 3.8) is 0 Å². The lowest BCUT2D eigenvalue weighted by molar-refractivity contribution is -0.136. The highest BCUT2D eigenvalue weighted by Gasteiger charge is 2.33. The summed E-state index contributed by atoms with van der Waals surface area (Å²) >= 11 is 0. The van der Waals surface area contributed by atoms with E-state index >= 15 is 0 Å². The van der Waals surface area contributed by atoms with Crippen molar-refractivity contribution in [2.75, 3.05) is 37.4 Å². The summed E-state index contributed by atoms with van der Waals surface area (Å²) in [4.78, 5) is 0. The summed E-state index contributed by atoms with van der Waals surface area (Å²) in [6.45, 7) is 0.769. The van der Waals surface area contributed by atoms with Crippen LogP contribution in [0, 0.1) is 0 Å². The molecule has 4 N–H and O–H groups in total. The first-order valence-electron chi connectivity index (χ1n) is 5.34. The maximum atomic E-state index is 12.6. The maximum Gasteiger partial charge on any atom is 0.418 e. The van der Waals surface area contributed by atoms with Crippen LogP contribution in [0.3, 0.4) is 0 Å². The molecule has 0 amide bonds. The van der Waals surface area contributed by atoms with Crippen LogP contribution in [0.2, 0.25) is 0 Å². The van der Waals surface area contributed by atoms with Crippen LogP contribution in [0.4, 0.5) is 24.5 Å². The molecule has 0 spiro atoms. The van der Waals surface area contributed by atoms with E-state index in [9.17, 15) is 13.2 Å². The first-order chi connectivity index (χ1) is 8.45. The summed E-state index contributed by atoms with van der Waals surface area (Å²) in [5, 5.41) is 11.2. The van der Waals surface area contributed by atoms with Crippen LogP contribution in [-0.2, 0) is 10.9 Å². The molecule has 18 heavy (non-hydrogen) atoms. The normalized spacial score (nSPS) is 11.6. The van der Waals surface area contributed by atoms with Crippen molar-refractivity contribution >= 4 is 11.4 Å². The van der Waals surface area contributed by atoms with Crippen molar-refractivity contribution in [2.45, 2.75) is 6.18 Å². The lowest BCUT2D eigenvalue weighted by Gasteiger charge is -2.13. The average Bonchev–Trinajstić information content (AvgIpc) is 2.29. The largest absolute Gasteiger partial charge is 0.418 e. The molecule has 1 aromatic carbocycles. The van der Waals surface area contributed by atoms with E-state index in [0.717, 1.165) is 6.07 Å². The van der Waals surface area contributed by atoms with E-state index in [1.165, 1.54) is 12.1 Å². The highest BCUT2D eigenvalue weighted by atomic mass is 19.4. The number of aliphatic hydroxyl groups is 1. The van der Waals surface area contributed by atoms with Gasteiger partial charge in [0.05, 0.1) is 25.4 Å². The zero-order valence-electron chi connectivity index (χ0n) is 9.63. The van der Waals surface area contributed by atoms with E-state index in [1.54, 1.807) is 0 Å². The quantitative estimate of drug-likeness (QED) is 0.540. The molecule has 0 aliphatic rings. The Balaban J connectivity index is 2.57. The Bertz CT molecular complexity index is 383. The molecule has 0 bridgehead atoms. The van der Waals surface area contributed by atoms with Crippen LogP contribution < -0.4 is 11.1 Å². The molecule has 0 heterocycles. The number of nitrogens with one attached hydrogen (secondary N) is 1. The molecule has 1 rings (SSSR count). The van der Waals surface area contributed by atoms with Gasteiger partial charge in [0.2, 0.25) is 0 Å². The number of anilines is 2. The van der Waals surface area contributed by atoms with Gasteiger partial charge in [-0.1, -0.05) is 0 Å². The number of hydrogen-bond acceptors (Lipinski definition) is 4. The predicted molar refractivity (Wildman–Crippen MR) is 62.3 cm³/mol. The van der Waals surface area contributed by atoms with E-state index in [4.69, 9.17) is 15.6 Å². The van der Waals surface area contributed by atoms with Gasteiger partial charge in [-0.25, -0.2) is 0 Å². The molecule has 0 unspecified atom stereocenters. The smallest absolute Gasteiger partial charge is 0.398 e. The second kappa shape index (κ2) is 6.46. The monoisotopic (exact) mass is 264 g/mol. The van der Waals surface area contributed by atoms with Crippen molar-refractivity contribution in [3.8, 4) is 0 Å². The van der Waals surface area contributed by atoms with Crippen LogP contribution in [-0.4, -0.2) is 31.5 Å². The Morgan fingerprint density at radius 1 is 1.28 bits per heavy atom. The summed E-state index contributed by atoms with van der Waals surface area (Å²) in [6, 6.07) is 3.64. The summed E-state index contributed by atoms with van der Waals surface area (Å²) in [5.74, 6) is 0. The Kier molecular flexibility index (Phi) is 5.24. The molecular formula is C11H15F3N2O2. The molecule has 0 fully saturated rings. The predicted octanol–water partition coefficient (Wildman–Crippen LogP) is 1.71. The van der Waals surface area contributed by atoms with Crippen molar-refractivity contribution in [2.24, 2.45) is 0 Å². The highest BCUT2D eigenvalue weighted by molar-refractivity contribution is 5.58. The fourth-order valence-corrected chi connectivity index (χ4v) is 1.35. The second-order valence-corrected chi connectivity index (χ2v) is 3.56. The number of nitrogen functional groups attached to an aromatic ring is 1. The average molecular weight is 264 g/mol. The van der Waals surface area contributed by atoms with Crippen molar-refractivity contribution in [1.82, 2.24) is 0 Å². The summed E-state index contributed by atoms with van der Waals surface area (Å²) in [7, 11) is 0. The molecule has 1 aromatic rings. The van der Waals surface area contributed by atoms with Crippen LogP contribution in [0.15, 0.2) is 18.2 Å². The van der Waals surface area contributed by atoms with E-state index in [1.807, 2.05) is 0 Å². The van der Waals surface area contributed by atoms with Crippen molar-refractivity contribution < 1.29 is 23.0 Å². The third-order valence-corrected chi connectivity index (χ3v) is 2.17. The van der Waals surface area contributed by atoms with Gasteiger partial charge < -0.3 is 20.9 Å². The highest BCUT2D eigenvalue weighted by Crippen LogP contribution is 2.34. The van der Waals surface area contributed by atoms with Crippen LogP contribution in [0.25, 0.3) is 0 Å². The lowest BCUT2D eigenvalue weighted by Crippen LogP contribution is -2.13. The Labute approximate surface area is 103 Å². The number of alkyl halides is 3. The Morgan fingerprint density at radius 2 is 2.00 bits per heavy atom. The number of benzene rings is 1. The van der Waals surface area contributed by atoms with Crippen LogP contribution in [0.5, 0.6) is 0 Å². The molecule has 7 heteroatoms. The number of aliphatic hydroxyl groups excluding tert-OH is 1. The standard InChI is InChI=1S/C11H15F3N2O2/c12-11(13,14)9-7-8(1-2-10(9)15)16-3-5-18-6-4-17/h1-2,7,16-17H,3-6,15H2. The van der Waals surface area contributed by atoms with Gasteiger partial charge in [-0.2, -0.15) is 13.2 Å². The summed E-state index contributed by atoms with van der Waals surface area (Å²) < 4.78 is 42.6. The molecule has 102 valence electrons. The molecule has 0 saturated carbocycles. The Hall–Kier alpha value is -1.47.